The van der Waals surface area contributed by atoms with Gasteiger partial charge in [0, 0.05) is 17.4 Å². The van der Waals surface area contributed by atoms with Crippen molar-refractivity contribution in [2.45, 2.75) is 102 Å². The zero-order valence-electron chi connectivity index (χ0n) is 19.9. The second kappa shape index (κ2) is 9.99. The summed E-state index contributed by atoms with van der Waals surface area (Å²) < 4.78 is 0. The number of aliphatic hydroxyl groups excluding tert-OH is 2. The molecule has 3 N–H and O–H groups in total. The summed E-state index contributed by atoms with van der Waals surface area (Å²) in [6.07, 6.45) is 12.9. The van der Waals surface area contributed by atoms with Crippen molar-refractivity contribution in [1.82, 2.24) is 0 Å². The van der Waals surface area contributed by atoms with Gasteiger partial charge in [-0.3, -0.25) is 0 Å². The Morgan fingerprint density at radius 1 is 1.29 bits per heavy atom. The second-order valence-electron chi connectivity index (χ2n) is 10.2. The van der Waals surface area contributed by atoms with Crippen LogP contribution in [0.15, 0.2) is 47.1 Å². The maximum Gasteiger partial charge on any atom is 0.0811 e. The Kier molecular flexibility index (Phi) is 8.00. The lowest BCUT2D eigenvalue weighted by Gasteiger charge is -2.42. The van der Waals surface area contributed by atoms with Gasteiger partial charge < -0.3 is 15.3 Å². The lowest BCUT2D eigenvalue weighted by molar-refractivity contribution is 0.0571. The van der Waals surface area contributed by atoms with E-state index in [0.29, 0.717) is 24.0 Å². The highest BCUT2D eigenvalue weighted by Crippen LogP contribution is 2.57. The lowest BCUT2D eigenvalue weighted by Crippen LogP contribution is -2.35. The van der Waals surface area contributed by atoms with Gasteiger partial charge in [0.1, 0.15) is 0 Å². The summed E-state index contributed by atoms with van der Waals surface area (Å²) >= 11 is 1.91. The third-order valence-corrected chi connectivity index (χ3v) is 9.69. The zero-order chi connectivity index (χ0) is 22.8. The first-order valence-electron chi connectivity index (χ1n) is 12.1. The van der Waals surface area contributed by atoms with Gasteiger partial charge in [-0.05, 0) is 74.3 Å². The van der Waals surface area contributed by atoms with Crippen LogP contribution in [0.4, 0.5) is 0 Å². The summed E-state index contributed by atoms with van der Waals surface area (Å²) in [7, 11) is 0. The first-order valence-corrected chi connectivity index (χ1v) is 13.2. The first-order chi connectivity index (χ1) is 14.6. The average Bonchev–Trinajstić information content (AvgIpc) is 3.10. The lowest BCUT2D eigenvalue weighted by atomic mass is 9.64. The molecule has 0 aromatic heterocycles. The van der Waals surface area contributed by atoms with E-state index >= 15 is 0 Å². The van der Waals surface area contributed by atoms with Gasteiger partial charge in [-0.15, -0.1) is 0 Å². The monoisotopic (exact) mass is 446 g/mol. The van der Waals surface area contributed by atoms with E-state index in [4.69, 9.17) is 0 Å². The summed E-state index contributed by atoms with van der Waals surface area (Å²) in [6, 6.07) is 0. The molecule has 0 spiro atoms. The summed E-state index contributed by atoms with van der Waals surface area (Å²) in [4.78, 5) is 0. The van der Waals surface area contributed by atoms with E-state index in [-0.39, 0.29) is 5.41 Å². The minimum atomic E-state index is -0.632. The molecule has 4 heteroatoms. The van der Waals surface area contributed by atoms with Crippen molar-refractivity contribution < 1.29 is 15.3 Å². The van der Waals surface area contributed by atoms with Gasteiger partial charge in [-0.25, -0.2) is 0 Å². The summed E-state index contributed by atoms with van der Waals surface area (Å²) in [6.45, 7) is 13.0. The van der Waals surface area contributed by atoms with Gasteiger partial charge in [0.15, 0.2) is 0 Å². The molecule has 0 heterocycles. The molecule has 174 valence electrons. The second-order valence-corrected chi connectivity index (χ2v) is 11.5. The van der Waals surface area contributed by atoms with E-state index in [2.05, 4.69) is 52.5 Å². The molecule has 0 radical (unpaired) electrons. The van der Waals surface area contributed by atoms with Crippen LogP contribution in [0.1, 0.15) is 79.1 Å². The van der Waals surface area contributed by atoms with Crippen LogP contribution >= 0.6 is 11.8 Å². The maximum absolute atomic E-state index is 10.7. The van der Waals surface area contributed by atoms with Crippen molar-refractivity contribution in [2.75, 3.05) is 5.75 Å². The van der Waals surface area contributed by atoms with Crippen molar-refractivity contribution >= 4 is 11.8 Å². The van der Waals surface area contributed by atoms with Crippen LogP contribution in [-0.2, 0) is 0 Å². The third kappa shape index (κ3) is 5.24. The van der Waals surface area contributed by atoms with E-state index in [9.17, 15) is 15.3 Å². The number of rotatable bonds is 7. The van der Waals surface area contributed by atoms with Gasteiger partial charge in [-0.2, -0.15) is 11.8 Å². The molecule has 0 unspecified atom stereocenters. The Morgan fingerprint density at radius 3 is 2.68 bits per heavy atom. The fourth-order valence-corrected chi connectivity index (χ4v) is 7.28. The fraction of sp³-hybridized carbons (Fsp3) is 0.704. The van der Waals surface area contributed by atoms with E-state index in [0.717, 1.165) is 42.6 Å². The Labute approximate surface area is 193 Å². The molecule has 31 heavy (non-hydrogen) atoms. The summed E-state index contributed by atoms with van der Waals surface area (Å²) in [5, 5.41) is 31.3. The molecule has 3 nitrogen and oxygen atoms in total. The molecule has 0 bridgehead atoms. The molecule has 0 aromatic carbocycles. The normalized spacial score (nSPS) is 35.4. The number of hydrogen-bond donors (Lipinski definition) is 3. The molecule has 2 saturated carbocycles. The van der Waals surface area contributed by atoms with E-state index < -0.39 is 17.8 Å². The van der Waals surface area contributed by atoms with Crippen molar-refractivity contribution in [2.24, 2.45) is 11.3 Å². The largest absolute Gasteiger partial charge is 0.393 e. The molecular weight excluding hydrogens is 404 g/mol. The van der Waals surface area contributed by atoms with Crippen molar-refractivity contribution in [3.05, 3.63) is 47.1 Å². The molecule has 2 fully saturated rings. The highest BCUT2D eigenvalue weighted by atomic mass is 32.2. The molecule has 3 aliphatic rings. The molecule has 0 aliphatic heterocycles. The van der Waals surface area contributed by atoms with Crippen LogP contribution < -0.4 is 0 Å². The maximum atomic E-state index is 10.7. The number of fused-ring (bicyclic) bond motifs is 1. The SMILES string of the molecule is C=C1C(=CC=C2CCC[C@]3(C)C([C@@H](C)SCC(O)(CC)CC)=CC[C@@H]23)C[C@@H](O)C[C@@H]1O. The van der Waals surface area contributed by atoms with Gasteiger partial charge in [0.25, 0.3) is 0 Å². The number of aliphatic hydroxyl groups is 3. The van der Waals surface area contributed by atoms with Crippen LogP contribution in [0, 0.1) is 11.3 Å². The van der Waals surface area contributed by atoms with Gasteiger partial charge in [0.2, 0.25) is 0 Å². The third-order valence-electron chi connectivity index (χ3n) is 8.23. The zero-order valence-corrected chi connectivity index (χ0v) is 20.7. The van der Waals surface area contributed by atoms with Crippen LogP contribution in [0.2, 0.25) is 0 Å². The van der Waals surface area contributed by atoms with Gasteiger partial charge in [0.05, 0.1) is 17.8 Å². The Balaban J connectivity index is 1.73. The molecule has 0 aromatic rings. The van der Waals surface area contributed by atoms with Gasteiger partial charge in [-0.1, -0.05) is 56.7 Å². The molecule has 3 rings (SSSR count). The minimum Gasteiger partial charge on any atom is -0.393 e. The number of hydrogen-bond acceptors (Lipinski definition) is 4. The van der Waals surface area contributed by atoms with E-state index in [1.165, 1.54) is 18.4 Å². The first kappa shape index (κ1) is 24.8. The Morgan fingerprint density at radius 2 is 2.00 bits per heavy atom. The van der Waals surface area contributed by atoms with E-state index in [1.807, 2.05) is 11.8 Å². The molecular formula is C27H42O3S. The Bertz CT molecular complexity index is 760. The standard InChI is InChI=1S/C27H42O3S/c1-6-27(30,7-2)17-31-19(4)23-12-13-24-20(9-8-14-26(23,24)5)10-11-21-15-22(28)16-25(29)18(21)3/h10-12,19,22,24-25,28-30H,3,6-9,13-17H2,1-2,4-5H3/t19-,22-,24+,25+,26-/m1/s1. The smallest absolute Gasteiger partial charge is 0.0811 e. The van der Waals surface area contributed by atoms with Gasteiger partial charge >= 0.3 is 0 Å². The highest BCUT2D eigenvalue weighted by molar-refractivity contribution is 8.00. The fourth-order valence-electron chi connectivity index (χ4n) is 5.77. The molecule has 5 atom stereocenters. The van der Waals surface area contributed by atoms with Crippen molar-refractivity contribution in [3.63, 3.8) is 0 Å². The summed E-state index contributed by atoms with van der Waals surface area (Å²) in [5.74, 6) is 1.32. The van der Waals surface area contributed by atoms with Crippen LogP contribution in [0.3, 0.4) is 0 Å². The molecule has 0 amide bonds. The van der Waals surface area contributed by atoms with Crippen molar-refractivity contribution in [1.29, 1.82) is 0 Å². The average molecular weight is 447 g/mol. The topological polar surface area (TPSA) is 60.7 Å². The molecule has 0 saturated heterocycles. The minimum absolute atomic E-state index is 0.189. The van der Waals surface area contributed by atoms with Crippen LogP contribution in [-0.4, -0.2) is 44.1 Å². The quantitative estimate of drug-likeness (QED) is 0.438. The summed E-state index contributed by atoms with van der Waals surface area (Å²) in [5.41, 5.74) is 4.43. The number of thioether (sulfide) groups is 1. The van der Waals surface area contributed by atoms with Crippen LogP contribution in [0.25, 0.3) is 0 Å². The number of allylic oxidation sites excluding steroid dienone is 4. The van der Waals surface area contributed by atoms with Crippen molar-refractivity contribution in [3.8, 4) is 0 Å². The molecule has 3 aliphatic carbocycles. The predicted octanol–water partition coefficient (Wildman–Crippen LogP) is 5.72. The van der Waals surface area contributed by atoms with Crippen LogP contribution in [0.5, 0.6) is 0 Å². The predicted molar refractivity (Wildman–Crippen MR) is 132 cm³/mol. The highest BCUT2D eigenvalue weighted by Gasteiger charge is 2.46. The van der Waals surface area contributed by atoms with E-state index in [1.54, 1.807) is 5.57 Å². The Hall–Kier alpha value is -0.810.